The van der Waals surface area contributed by atoms with Crippen LogP contribution in [0.1, 0.15) is 23.2 Å². The van der Waals surface area contributed by atoms with Gasteiger partial charge in [-0.3, -0.25) is 14.3 Å². The number of nitrogens with zero attached hydrogens (tertiary/aromatic N) is 2. The number of amides is 2. The molecule has 0 saturated carbocycles. The average Bonchev–Trinajstić information content (AvgIpc) is 3.21. The molecule has 9 heteroatoms. The van der Waals surface area contributed by atoms with Crippen molar-refractivity contribution in [3.05, 3.63) is 54.1 Å². The van der Waals surface area contributed by atoms with Crippen LogP contribution >= 0.6 is 12.4 Å². The minimum atomic E-state index is -0.699. The van der Waals surface area contributed by atoms with E-state index in [0.717, 1.165) is 13.1 Å². The molecular weight excluding hydrogens is 373 g/mol. The second-order valence-corrected chi connectivity index (χ2v) is 6.25. The van der Waals surface area contributed by atoms with Crippen LogP contribution in [0.3, 0.4) is 0 Å². The summed E-state index contributed by atoms with van der Waals surface area (Å²) in [6.07, 6.45) is 4.78. The van der Waals surface area contributed by atoms with E-state index in [1.807, 2.05) is 0 Å². The summed E-state index contributed by atoms with van der Waals surface area (Å²) >= 11 is 0. The van der Waals surface area contributed by atoms with Crippen molar-refractivity contribution in [1.29, 1.82) is 0 Å². The largest absolute Gasteiger partial charge is 0.352 e. The Bertz CT molecular complexity index is 746. The van der Waals surface area contributed by atoms with Gasteiger partial charge in [0, 0.05) is 31.0 Å². The summed E-state index contributed by atoms with van der Waals surface area (Å²) < 4.78 is 14.6. The molecule has 1 saturated heterocycles. The maximum Gasteiger partial charge on any atom is 0.251 e. The molecule has 7 nitrogen and oxygen atoms in total. The monoisotopic (exact) mass is 395 g/mol. The van der Waals surface area contributed by atoms with Gasteiger partial charge >= 0.3 is 0 Å². The molecule has 2 heterocycles. The van der Waals surface area contributed by atoms with E-state index in [4.69, 9.17) is 0 Å². The van der Waals surface area contributed by atoms with Crippen LogP contribution in [0.5, 0.6) is 0 Å². The van der Waals surface area contributed by atoms with Crippen molar-refractivity contribution in [3.8, 4) is 0 Å². The molecule has 0 bridgehead atoms. The Morgan fingerprint density at radius 2 is 1.81 bits per heavy atom. The normalized spacial score (nSPS) is 15.4. The highest BCUT2D eigenvalue weighted by Crippen LogP contribution is 2.26. The number of benzene rings is 1. The van der Waals surface area contributed by atoms with E-state index in [0.29, 0.717) is 24.9 Å². The van der Waals surface area contributed by atoms with Gasteiger partial charge in [0.25, 0.3) is 5.91 Å². The first-order valence-electron chi connectivity index (χ1n) is 8.65. The maximum atomic E-state index is 12.9. The molecule has 0 radical (unpaired) electrons. The quantitative estimate of drug-likeness (QED) is 0.638. The molecule has 1 fully saturated rings. The molecule has 1 aliphatic heterocycles. The molecule has 1 aromatic carbocycles. The fraction of sp³-hybridized carbons (Fsp3) is 0.389. The molecule has 27 heavy (non-hydrogen) atoms. The predicted molar refractivity (Wildman–Crippen MR) is 101 cm³/mol. The van der Waals surface area contributed by atoms with Gasteiger partial charge in [0.1, 0.15) is 11.4 Å². The lowest BCUT2D eigenvalue weighted by molar-refractivity contribution is -0.131. The van der Waals surface area contributed by atoms with Gasteiger partial charge in [-0.25, -0.2) is 4.39 Å². The molecule has 1 aliphatic rings. The molecule has 2 aromatic rings. The summed E-state index contributed by atoms with van der Waals surface area (Å²) in [4.78, 5) is 24.8. The molecule has 3 rings (SSSR count). The van der Waals surface area contributed by atoms with Crippen LogP contribution in [-0.2, 0) is 10.3 Å². The minimum Gasteiger partial charge on any atom is -0.352 e. The van der Waals surface area contributed by atoms with Gasteiger partial charge in [-0.05, 0) is 56.3 Å². The van der Waals surface area contributed by atoms with Crippen LogP contribution in [-0.4, -0.2) is 47.8 Å². The van der Waals surface area contributed by atoms with Gasteiger partial charge in [0.15, 0.2) is 0 Å². The van der Waals surface area contributed by atoms with Crippen LogP contribution < -0.4 is 16.0 Å². The van der Waals surface area contributed by atoms with E-state index in [1.165, 1.54) is 24.3 Å². The standard InChI is InChI=1S/C18H22FN5O2.ClH/c19-15-4-2-14(3-5-15)16(25)21-11-12-22-17(26)18(6-9-20-10-7-18)24-13-1-8-23-24;/h1-5,8,13,20H,6-7,9-12H2,(H,21,25)(H,22,26);1H. The van der Waals surface area contributed by atoms with E-state index in [-0.39, 0.29) is 36.6 Å². The van der Waals surface area contributed by atoms with Crippen LogP contribution in [0.25, 0.3) is 0 Å². The number of hydrogen-bond acceptors (Lipinski definition) is 4. The number of rotatable bonds is 6. The highest BCUT2D eigenvalue weighted by Gasteiger charge is 2.41. The third-order valence-corrected chi connectivity index (χ3v) is 4.60. The van der Waals surface area contributed by atoms with E-state index in [9.17, 15) is 14.0 Å². The van der Waals surface area contributed by atoms with Crippen LogP contribution in [0.2, 0.25) is 0 Å². The number of halogens is 2. The molecule has 0 unspecified atom stereocenters. The molecule has 0 atom stereocenters. The highest BCUT2D eigenvalue weighted by atomic mass is 35.5. The van der Waals surface area contributed by atoms with E-state index in [1.54, 1.807) is 23.1 Å². The number of carbonyl (C=O) groups excluding carboxylic acids is 2. The van der Waals surface area contributed by atoms with Gasteiger partial charge in [0.05, 0.1) is 0 Å². The van der Waals surface area contributed by atoms with Gasteiger partial charge < -0.3 is 16.0 Å². The molecule has 146 valence electrons. The van der Waals surface area contributed by atoms with Crippen molar-refractivity contribution in [2.45, 2.75) is 18.4 Å². The second kappa shape index (κ2) is 9.48. The summed E-state index contributed by atoms with van der Waals surface area (Å²) in [6, 6.07) is 7.12. The zero-order valence-electron chi connectivity index (χ0n) is 14.8. The smallest absolute Gasteiger partial charge is 0.251 e. The molecule has 2 amide bonds. The fourth-order valence-electron chi connectivity index (χ4n) is 3.14. The van der Waals surface area contributed by atoms with E-state index < -0.39 is 5.54 Å². The summed E-state index contributed by atoms with van der Waals surface area (Å²) in [5.41, 5.74) is -0.320. The van der Waals surface area contributed by atoms with E-state index in [2.05, 4.69) is 21.0 Å². The lowest BCUT2D eigenvalue weighted by atomic mass is 9.87. The Morgan fingerprint density at radius 1 is 1.15 bits per heavy atom. The number of aromatic nitrogens is 2. The summed E-state index contributed by atoms with van der Waals surface area (Å²) in [5, 5.41) is 13.1. The van der Waals surface area contributed by atoms with Crippen molar-refractivity contribution < 1.29 is 14.0 Å². The zero-order valence-corrected chi connectivity index (χ0v) is 15.6. The SMILES string of the molecule is Cl.O=C(NCCNC(=O)C1(n2cccn2)CCNCC1)c1ccc(F)cc1. The summed E-state index contributed by atoms with van der Waals surface area (Å²) in [5.74, 6) is -0.790. The average molecular weight is 396 g/mol. The second-order valence-electron chi connectivity index (χ2n) is 6.25. The Balaban J connectivity index is 0.00000261. The fourth-order valence-corrected chi connectivity index (χ4v) is 3.14. The van der Waals surface area contributed by atoms with Gasteiger partial charge in [0.2, 0.25) is 5.91 Å². The van der Waals surface area contributed by atoms with E-state index >= 15 is 0 Å². The Morgan fingerprint density at radius 3 is 2.44 bits per heavy atom. The Hall–Kier alpha value is -2.45. The number of nitrogens with one attached hydrogen (secondary N) is 3. The van der Waals surface area contributed by atoms with Crippen molar-refractivity contribution >= 4 is 24.2 Å². The molecule has 0 spiro atoms. The number of piperidine rings is 1. The van der Waals surface area contributed by atoms with Crippen molar-refractivity contribution in [2.24, 2.45) is 0 Å². The highest BCUT2D eigenvalue weighted by molar-refractivity contribution is 5.94. The summed E-state index contributed by atoms with van der Waals surface area (Å²) in [6.45, 7) is 2.08. The lowest BCUT2D eigenvalue weighted by Gasteiger charge is -2.36. The molecule has 3 N–H and O–H groups in total. The van der Waals surface area contributed by atoms with Crippen molar-refractivity contribution in [3.63, 3.8) is 0 Å². The maximum absolute atomic E-state index is 12.9. The van der Waals surface area contributed by atoms with Crippen LogP contribution in [0.4, 0.5) is 4.39 Å². The number of hydrogen-bond donors (Lipinski definition) is 3. The van der Waals surface area contributed by atoms with Crippen molar-refractivity contribution in [2.75, 3.05) is 26.2 Å². The Kier molecular flexibility index (Phi) is 7.32. The third kappa shape index (κ3) is 4.84. The molecule has 0 aliphatic carbocycles. The van der Waals surface area contributed by atoms with Gasteiger partial charge in [-0.2, -0.15) is 5.10 Å². The predicted octanol–water partition coefficient (Wildman–Crippen LogP) is 1.07. The van der Waals surface area contributed by atoms with Crippen LogP contribution in [0.15, 0.2) is 42.7 Å². The third-order valence-electron chi connectivity index (χ3n) is 4.60. The van der Waals surface area contributed by atoms with Crippen molar-refractivity contribution in [1.82, 2.24) is 25.7 Å². The first-order valence-corrected chi connectivity index (χ1v) is 8.65. The van der Waals surface area contributed by atoms with Crippen LogP contribution in [0, 0.1) is 5.82 Å². The molecular formula is C18H23ClFN5O2. The molecule has 1 aromatic heterocycles. The number of carbonyl (C=O) groups is 2. The van der Waals surface area contributed by atoms with Gasteiger partial charge in [-0.15, -0.1) is 12.4 Å². The summed E-state index contributed by atoms with van der Waals surface area (Å²) in [7, 11) is 0. The minimum absolute atomic E-state index is 0. The first kappa shape index (κ1) is 20.9. The van der Waals surface area contributed by atoms with Gasteiger partial charge in [-0.1, -0.05) is 0 Å². The zero-order chi connectivity index (χ0) is 18.4. The topological polar surface area (TPSA) is 88.1 Å². The lowest BCUT2D eigenvalue weighted by Crippen LogP contribution is -2.55. The Labute approximate surface area is 163 Å². The first-order chi connectivity index (χ1) is 12.6.